The van der Waals surface area contributed by atoms with Crippen LogP contribution in [0.15, 0.2) is 28.7 Å². The lowest BCUT2D eigenvalue weighted by Gasteiger charge is -2.11. The molecule has 1 saturated carbocycles. The minimum absolute atomic E-state index is 0.0232. The van der Waals surface area contributed by atoms with E-state index in [0.29, 0.717) is 12.5 Å². The number of hydrogen-bond acceptors (Lipinski definition) is 2. The lowest BCUT2D eigenvalue weighted by atomic mass is 9.96. The smallest absolute Gasteiger partial charge is 0.308 e. The molecule has 2 atom stereocenters. The number of rotatable bonds is 3. The van der Waals surface area contributed by atoms with Gasteiger partial charge in [-0.15, -0.1) is 0 Å². The predicted molar refractivity (Wildman–Crippen MR) is 70.9 cm³/mol. The second-order valence-electron chi connectivity index (χ2n) is 4.51. The van der Waals surface area contributed by atoms with Crippen molar-refractivity contribution in [3.63, 3.8) is 0 Å². The highest BCUT2D eigenvalue weighted by atomic mass is 79.9. The molecule has 0 spiro atoms. The van der Waals surface area contributed by atoms with E-state index >= 15 is 0 Å². The molecule has 1 fully saturated rings. The maximum Gasteiger partial charge on any atom is 0.308 e. The molecule has 0 bridgehead atoms. The van der Waals surface area contributed by atoms with Crippen molar-refractivity contribution in [1.29, 1.82) is 0 Å². The number of carbonyl (C=O) groups excluding carboxylic acids is 1. The van der Waals surface area contributed by atoms with Crippen LogP contribution in [-0.4, -0.2) is 12.6 Å². The van der Waals surface area contributed by atoms with Crippen molar-refractivity contribution >= 4 is 21.9 Å². The number of carbonyl (C=O) groups is 1. The maximum atomic E-state index is 11.7. The van der Waals surface area contributed by atoms with Gasteiger partial charge in [-0.05, 0) is 49.8 Å². The Morgan fingerprint density at radius 1 is 1.47 bits per heavy atom. The van der Waals surface area contributed by atoms with E-state index in [1.54, 1.807) is 0 Å². The van der Waals surface area contributed by atoms with Gasteiger partial charge in [-0.2, -0.15) is 0 Å². The minimum Gasteiger partial charge on any atom is -0.466 e. The number of hydrogen-bond donors (Lipinski definition) is 0. The van der Waals surface area contributed by atoms with Gasteiger partial charge in [-0.1, -0.05) is 28.1 Å². The van der Waals surface area contributed by atoms with E-state index in [2.05, 4.69) is 34.1 Å². The molecule has 92 valence electrons. The van der Waals surface area contributed by atoms with Crippen LogP contribution in [0.3, 0.4) is 0 Å². The first-order chi connectivity index (χ1) is 8.20. The summed E-state index contributed by atoms with van der Waals surface area (Å²) in [6, 6.07) is 8.37. The molecule has 2 unspecified atom stereocenters. The third-order valence-electron chi connectivity index (χ3n) is 3.37. The first-order valence-electron chi connectivity index (χ1n) is 6.12. The molecule has 1 aromatic rings. The van der Waals surface area contributed by atoms with Gasteiger partial charge in [0.05, 0.1) is 12.5 Å². The molecule has 1 aliphatic rings. The van der Waals surface area contributed by atoms with Crippen LogP contribution in [-0.2, 0) is 9.53 Å². The van der Waals surface area contributed by atoms with Crippen molar-refractivity contribution < 1.29 is 9.53 Å². The fourth-order valence-corrected chi connectivity index (χ4v) is 2.94. The molecular formula is C14H17BrO2. The van der Waals surface area contributed by atoms with Crippen LogP contribution in [0.5, 0.6) is 0 Å². The first kappa shape index (κ1) is 12.6. The Hall–Kier alpha value is -0.830. The standard InChI is InChI=1S/C14H17BrO2/c1-2-17-14(16)12-7-6-11(8-12)10-4-3-5-13(15)9-10/h3-5,9,11-12H,2,6-8H2,1H3. The van der Waals surface area contributed by atoms with E-state index in [4.69, 9.17) is 4.74 Å². The summed E-state index contributed by atoms with van der Waals surface area (Å²) in [5, 5.41) is 0. The SMILES string of the molecule is CCOC(=O)C1CCC(c2cccc(Br)c2)C1. The van der Waals surface area contributed by atoms with Crippen LogP contribution in [0.1, 0.15) is 37.7 Å². The van der Waals surface area contributed by atoms with E-state index < -0.39 is 0 Å². The average molecular weight is 297 g/mol. The van der Waals surface area contributed by atoms with Crippen LogP contribution < -0.4 is 0 Å². The fourth-order valence-electron chi connectivity index (χ4n) is 2.52. The maximum absolute atomic E-state index is 11.7. The molecule has 0 aromatic heterocycles. The summed E-state index contributed by atoms with van der Waals surface area (Å²) in [5.41, 5.74) is 1.33. The first-order valence-corrected chi connectivity index (χ1v) is 6.92. The van der Waals surface area contributed by atoms with E-state index in [-0.39, 0.29) is 11.9 Å². The Bertz CT molecular complexity index is 403. The zero-order valence-corrected chi connectivity index (χ0v) is 11.6. The highest BCUT2D eigenvalue weighted by Crippen LogP contribution is 2.39. The average Bonchev–Trinajstić information content (AvgIpc) is 2.78. The number of benzene rings is 1. The Morgan fingerprint density at radius 3 is 3.00 bits per heavy atom. The third-order valence-corrected chi connectivity index (χ3v) is 3.87. The Balaban J connectivity index is 2.00. The molecule has 1 aliphatic carbocycles. The second-order valence-corrected chi connectivity index (χ2v) is 5.43. The Morgan fingerprint density at radius 2 is 2.29 bits per heavy atom. The third kappa shape index (κ3) is 3.09. The summed E-state index contributed by atoms with van der Waals surface area (Å²) in [5.74, 6) is 0.575. The van der Waals surface area contributed by atoms with Crippen LogP contribution in [0.2, 0.25) is 0 Å². The molecule has 1 aromatic carbocycles. The summed E-state index contributed by atoms with van der Waals surface area (Å²) in [6.45, 7) is 2.34. The highest BCUT2D eigenvalue weighted by Gasteiger charge is 2.31. The summed E-state index contributed by atoms with van der Waals surface area (Å²) >= 11 is 3.49. The lowest BCUT2D eigenvalue weighted by molar-refractivity contribution is -0.147. The number of ether oxygens (including phenoxy) is 1. The van der Waals surface area contributed by atoms with Crippen molar-refractivity contribution in [1.82, 2.24) is 0 Å². The molecule has 0 saturated heterocycles. The summed E-state index contributed by atoms with van der Waals surface area (Å²) in [7, 11) is 0. The van der Waals surface area contributed by atoms with Gasteiger partial charge in [-0.25, -0.2) is 0 Å². The molecule has 3 heteroatoms. The zero-order valence-electron chi connectivity index (χ0n) is 9.99. The molecule has 17 heavy (non-hydrogen) atoms. The van der Waals surface area contributed by atoms with E-state index in [1.807, 2.05) is 13.0 Å². The highest BCUT2D eigenvalue weighted by molar-refractivity contribution is 9.10. The zero-order chi connectivity index (χ0) is 12.3. The number of halogens is 1. The van der Waals surface area contributed by atoms with E-state index in [0.717, 1.165) is 23.7 Å². The van der Waals surface area contributed by atoms with Gasteiger partial charge in [0, 0.05) is 4.47 Å². The quantitative estimate of drug-likeness (QED) is 0.791. The topological polar surface area (TPSA) is 26.3 Å². The molecule has 0 N–H and O–H groups in total. The van der Waals surface area contributed by atoms with Gasteiger partial charge >= 0.3 is 5.97 Å². The Labute approximate surface area is 110 Å². The Kier molecular flexibility index (Phi) is 4.21. The predicted octanol–water partition coefficient (Wildman–Crippen LogP) is 3.90. The molecular weight excluding hydrogens is 280 g/mol. The second kappa shape index (κ2) is 5.67. The monoisotopic (exact) mass is 296 g/mol. The van der Waals surface area contributed by atoms with Gasteiger partial charge in [0.1, 0.15) is 0 Å². The summed E-state index contributed by atoms with van der Waals surface area (Å²) in [4.78, 5) is 11.7. The molecule has 0 aliphatic heterocycles. The van der Waals surface area contributed by atoms with Gasteiger partial charge in [0.25, 0.3) is 0 Å². The van der Waals surface area contributed by atoms with Gasteiger partial charge in [-0.3, -0.25) is 4.79 Å². The van der Waals surface area contributed by atoms with Crippen molar-refractivity contribution in [2.45, 2.75) is 32.1 Å². The van der Waals surface area contributed by atoms with Crippen LogP contribution >= 0.6 is 15.9 Å². The van der Waals surface area contributed by atoms with Crippen LogP contribution in [0, 0.1) is 5.92 Å². The molecule has 0 heterocycles. The van der Waals surface area contributed by atoms with Gasteiger partial charge < -0.3 is 4.74 Å². The molecule has 2 rings (SSSR count). The lowest BCUT2D eigenvalue weighted by Crippen LogP contribution is -2.14. The number of esters is 1. The van der Waals surface area contributed by atoms with Crippen LogP contribution in [0.25, 0.3) is 0 Å². The fraction of sp³-hybridized carbons (Fsp3) is 0.500. The van der Waals surface area contributed by atoms with Crippen molar-refractivity contribution in [2.24, 2.45) is 5.92 Å². The van der Waals surface area contributed by atoms with Gasteiger partial charge in [0.15, 0.2) is 0 Å². The van der Waals surface area contributed by atoms with Crippen LogP contribution in [0.4, 0.5) is 0 Å². The van der Waals surface area contributed by atoms with Crippen molar-refractivity contribution in [3.05, 3.63) is 34.3 Å². The molecule has 0 amide bonds. The minimum atomic E-state index is -0.0232. The van der Waals surface area contributed by atoms with E-state index in [9.17, 15) is 4.79 Å². The largest absolute Gasteiger partial charge is 0.466 e. The van der Waals surface area contributed by atoms with Crippen molar-refractivity contribution in [3.8, 4) is 0 Å². The molecule has 0 radical (unpaired) electrons. The van der Waals surface area contributed by atoms with E-state index in [1.165, 1.54) is 5.56 Å². The van der Waals surface area contributed by atoms with Gasteiger partial charge in [0.2, 0.25) is 0 Å². The molecule has 2 nitrogen and oxygen atoms in total. The summed E-state index contributed by atoms with van der Waals surface area (Å²) < 4.78 is 6.19. The normalized spacial score (nSPS) is 23.6. The summed E-state index contributed by atoms with van der Waals surface area (Å²) in [6.07, 6.45) is 2.96. The van der Waals surface area contributed by atoms with Crippen molar-refractivity contribution in [2.75, 3.05) is 6.61 Å².